The van der Waals surface area contributed by atoms with Gasteiger partial charge < -0.3 is 0 Å². The van der Waals surface area contributed by atoms with Crippen molar-refractivity contribution in [3.63, 3.8) is 0 Å². The maximum Gasteiger partial charge on any atom is 0.111 e. The highest BCUT2D eigenvalue weighted by atomic mass is 32.1. The normalized spacial score (nSPS) is 11.5. The van der Waals surface area contributed by atoms with E-state index in [1.165, 1.54) is 19.7 Å². The van der Waals surface area contributed by atoms with Crippen LogP contribution in [0, 0.1) is 0 Å². The van der Waals surface area contributed by atoms with Gasteiger partial charge in [0.25, 0.3) is 0 Å². The van der Waals surface area contributed by atoms with Crippen LogP contribution in [-0.2, 0) is 0 Å². The Morgan fingerprint density at radius 2 is 2.00 bits per heavy atom. The molecule has 0 aliphatic heterocycles. The lowest BCUT2D eigenvalue weighted by atomic mass is 10.2. The molecule has 0 spiro atoms. The first-order valence-corrected chi connectivity index (χ1v) is 7.02. The molecule has 0 aliphatic rings. The number of hydrogen-bond acceptors (Lipinski definition) is 3. The van der Waals surface area contributed by atoms with Crippen LogP contribution in [0.4, 0.5) is 0 Å². The van der Waals surface area contributed by atoms with Gasteiger partial charge in [-0.05, 0) is 17.5 Å². The number of benzene rings is 1. The molecule has 0 bridgehead atoms. The summed E-state index contributed by atoms with van der Waals surface area (Å²) in [6.07, 6.45) is 0. The molecule has 3 heterocycles. The van der Waals surface area contributed by atoms with Crippen molar-refractivity contribution < 1.29 is 0 Å². The van der Waals surface area contributed by atoms with Gasteiger partial charge in [0, 0.05) is 10.1 Å². The molecule has 0 atom stereocenters. The van der Waals surface area contributed by atoms with E-state index in [0.717, 1.165) is 11.2 Å². The lowest BCUT2D eigenvalue weighted by molar-refractivity contribution is 1.13. The lowest BCUT2D eigenvalue weighted by Crippen LogP contribution is -1.71. The number of aromatic amines is 1. The number of aromatic nitrogens is 2. The first-order valence-electron chi connectivity index (χ1n) is 5.33. The molecule has 4 aromatic rings. The predicted octanol–water partition coefficient (Wildman–Crippen LogP) is 4.51. The van der Waals surface area contributed by atoms with E-state index in [2.05, 4.69) is 52.0 Å². The van der Waals surface area contributed by atoms with Crippen molar-refractivity contribution in [1.82, 2.24) is 10.2 Å². The maximum absolute atomic E-state index is 4.45. The zero-order valence-electron chi connectivity index (χ0n) is 8.81. The molecule has 17 heavy (non-hydrogen) atoms. The molecule has 1 aromatic carbocycles. The fraction of sp³-hybridized carbons (Fsp3) is 0. The van der Waals surface area contributed by atoms with Crippen LogP contribution in [0.2, 0.25) is 0 Å². The van der Waals surface area contributed by atoms with Crippen molar-refractivity contribution in [2.75, 3.05) is 0 Å². The summed E-state index contributed by atoms with van der Waals surface area (Å²) < 4.78 is 2.56. The van der Waals surface area contributed by atoms with Crippen LogP contribution < -0.4 is 0 Å². The van der Waals surface area contributed by atoms with E-state index < -0.39 is 0 Å². The van der Waals surface area contributed by atoms with Gasteiger partial charge in [-0.1, -0.05) is 24.3 Å². The van der Waals surface area contributed by atoms with Crippen molar-refractivity contribution >= 4 is 43.0 Å². The SMILES string of the molecule is c1csc(-c2[nH]nc3c2sc2ccccc23)c1. The van der Waals surface area contributed by atoms with Crippen molar-refractivity contribution in [3.05, 3.63) is 41.8 Å². The van der Waals surface area contributed by atoms with E-state index in [0.29, 0.717) is 0 Å². The van der Waals surface area contributed by atoms with Gasteiger partial charge in [0.05, 0.1) is 15.3 Å². The van der Waals surface area contributed by atoms with E-state index in [9.17, 15) is 0 Å². The Labute approximate surface area is 106 Å². The summed E-state index contributed by atoms with van der Waals surface area (Å²) >= 11 is 3.55. The molecule has 0 saturated carbocycles. The first kappa shape index (κ1) is 9.39. The van der Waals surface area contributed by atoms with Gasteiger partial charge in [-0.15, -0.1) is 22.7 Å². The smallest absolute Gasteiger partial charge is 0.111 e. The van der Waals surface area contributed by atoms with Crippen LogP contribution in [0.1, 0.15) is 0 Å². The quantitative estimate of drug-likeness (QED) is 0.533. The van der Waals surface area contributed by atoms with Crippen LogP contribution in [-0.4, -0.2) is 10.2 Å². The molecule has 0 radical (unpaired) electrons. The van der Waals surface area contributed by atoms with Crippen LogP contribution in [0.15, 0.2) is 41.8 Å². The minimum absolute atomic E-state index is 1.09. The predicted molar refractivity (Wildman–Crippen MR) is 74.8 cm³/mol. The highest BCUT2D eigenvalue weighted by Crippen LogP contribution is 2.39. The van der Waals surface area contributed by atoms with E-state index >= 15 is 0 Å². The molecular weight excluding hydrogens is 248 g/mol. The molecule has 82 valence electrons. The molecular formula is C13H8N2S2. The standard InChI is InChI=1S/C13H8N2S2/c1-2-5-9-8(4-1)11-13(17-9)12(15-14-11)10-6-3-7-16-10/h1-7H,(H,14,15). The zero-order chi connectivity index (χ0) is 11.2. The Morgan fingerprint density at radius 1 is 1.06 bits per heavy atom. The minimum Gasteiger partial charge on any atom is -0.275 e. The molecule has 0 aliphatic carbocycles. The molecule has 2 nitrogen and oxygen atoms in total. The lowest BCUT2D eigenvalue weighted by Gasteiger charge is -1.89. The van der Waals surface area contributed by atoms with E-state index in [1.807, 2.05) is 0 Å². The van der Waals surface area contributed by atoms with Gasteiger partial charge in [0.2, 0.25) is 0 Å². The summed E-state index contributed by atoms with van der Waals surface area (Å²) in [6.45, 7) is 0. The highest BCUT2D eigenvalue weighted by molar-refractivity contribution is 7.26. The second-order valence-electron chi connectivity index (χ2n) is 3.85. The van der Waals surface area contributed by atoms with Gasteiger partial charge in [-0.3, -0.25) is 5.10 Å². The summed E-state index contributed by atoms with van der Waals surface area (Å²) in [7, 11) is 0. The second-order valence-corrected chi connectivity index (χ2v) is 5.85. The third kappa shape index (κ3) is 1.28. The summed E-state index contributed by atoms with van der Waals surface area (Å²) in [6, 6.07) is 12.6. The average molecular weight is 256 g/mol. The number of H-pyrrole nitrogens is 1. The Morgan fingerprint density at radius 3 is 2.88 bits per heavy atom. The van der Waals surface area contributed by atoms with Crippen LogP contribution in [0.5, 0.6) is 0 Å². The summed E-state index contributed by atoms with van der Waals surface area (Å²) in [5.74, 6) is 0. The number of nitrogens with one attached hydrogen (secondary N) is 1. The Balaban J connectivity index is 2.13. The molecule has 0 saturated heterocycles. The van der Waals surface area contributed by atoms with Crippen LogP contribution >= 0.6 is 22.7 Å². The Bertz CT molecular complexity index is 793. The maximum atomic E-state index is 4.45. The van der Waals surface area contributed by atoms with Crippen molar-refractivity contribution in [2.45, 2.75) is 0 Å². The average Bonchev–Trinajstić information content (AvgIpc) is 3.04. The monoisotopic (exact) mass is 256 g/mol. The first-order chi connectivity index (χ1) is 8.43. The van der Waals surface area contributed by atoms with Crippen molar-refractivity contribution in [3.8, 4) is 10.6 Å². The molecule has 1 N–H and O–H groups in total. The number of nitrogens with zero attached hydrogens (tertiary/aromatic N) is 1. The third-order valence-electron chi connectivity index (χ3n) is 2.84. The van der Waals surface area contributed by atoms with Gasteiger partial charge in [0.1, 0.15) is 5.52 Å². The molecule has 0 amide bonds. The Hall–Kier alpha value is -1.65. The second kappa shape index (κ2) is 3.42. The number of rotatable bonds is 1. The highest BCUT2D eigenvalue weighted by Gasteiger charge is 2.13. The summed E-state index contributed by atoms with van der Waals surface area (Å²) in [5, 5.41) is 10.9. The molecule has 4 heteroatoms. The topological polar surface area (TPSA) is 28.7 Å². The zero-order valence-corrected chi connectivity index (χ0v) is 10.4. The summed E-state index contributed by atoms with van der Waals surface area (Å²) in [5.41, 5.74) is 2.24. The van der Waals surface area contributed by atoms with Crippen molar-refractivity contribution in [1.29, 1.82) is 0 Å². The van der Waals surface area contributed by atoms with Crippen LogP contribution in [0.3, 0.4) is 0 Å². The fourth-order valence-corrected chi connectivity index (χ4v) is 4.00. The number of hydrogen-bond donors (Lipinski definition) is 1. The number of thiophene rings is 2. The molecule has 4 rings (SSSR count). The molecule has 0 fully saturated rings. The van der Waals surface area contributed by atoms with Gasteiger partial charge in [-0.2, -0.15) is 5.10 Å². The number of fused-ring (bicyclic) bond motifs is 3. The van der Waals surface area contributed by atoms with Gasteiger partial charge in [0.15, 0.2) is 0 Å². The fourth-order valence-electron chi connectivity index (χ4n) is 2.06. The van der Waals surface area contributed by atoms with Gasteiger partial charge in [-0.25, -0.2) is 0 Å². The molecule has 0 unspecified atom stereocenters. The van der Waals surface area contributed by atoms with E-state index in [1.54, 1.807) is 22.7 Å². The summed E-state index contributed by atoms with van der Waals surface area (Å²) in [4.78, 5) is 1.25. The third-order valence-corrected chi connectivity index (χ3v) is 4.91. The molecule has 3 aromatic heterocycles. The van der Waals surface area contributed by atoms with E-state index in [-0.39, 0.29) is 0 Å². The van der Waals surface area contributed by atoms with Crippen molar-refractivity contribution in [2.24, 2.45) is 0 Å². The Kier molecular flexibility index (Phi) is 1.89. The van der Waals surface area contributed by atoms with Crippen LogP contribution in [0.25, 0.3) is 30.9 Å². The van der Waals surface area contributed by atoms with E-state index in [4.69, 9.17) is 0 Å². The largest absolute Gasteiger partial charge is 0.275 e. The minimum atomic E-state index is 1.09. The van der Waals surface area contributed by atoms with Gasteiger partial charge >= 0.3 is 0 Å².